The van der Waals surface area contributed by atoms with E-state index in [4.69, 9.17) is 4.74 Å². The molecular weight excluding hydrogens is 246 g/mol. The predicted molar refractivity (Wildman–Crippen MR) is 75.3 cm³/mol. The molecule has 0 aliphatic heterocycles. The summed E-state index contributed by atoms with van der Waals surface area (Å²) < 4.78 is 6.64. The number of benzene rings is 1. The van der Waals surface area contributed by atoms with Crippen LogP contribution in [0.5, 0.6) is 5.75 Å². The Bertz CT molecular complexity index is 519. The Labute approximate surface area is 111 Å². The molecule has 0 amide bonds. The van der Waals surface area contributed by atoms with Crippen molar-refractivity contribution in [3.63, 3.8) is 0 Å². The van der Waals surface area contributed by atoms with Gasteiger partial charge in [-0.05, 0) is 31.0 Å². The zero-order valence-corrected chi connectivity index (χ0v) is 11.8. The van der Waals surface area contributed by atoms with Gasteiger partial charge in [0.2, 0.25) is 0 Å². The SMILES string of the molecule is CC(C)Cc1nc2ccc(OCC(C)O)cc2s1. The molecule has 4 heteroatoms. The van der Waals surface area contributed by atoms with E-state index in [1.165, 1.54) is 5.01 Å². The largest absolute Gasteiger partial charge is 0.491 e. The second kappa shape index (κ2) is 5.67. The third-order valence-corrected chi connectivity index (χ3v) is 3.52. The van der Waals surface area contributed by atoms with Gasteiger partial charge in [-0.3, -0.25) is 0 Å². The summed E-state index contributed by atoms with van der Waals surface area (Å²) in [6.45, 7) is 6.43. The van der Waals surface area contributed by atoms with E-state index in [-0.39, 0.29) is 0 Å². The van der Waals surface area contributed by atoms with Gasteiger partial charge in [-0.1, -0.05) is 13.8 Å². The van der Waals surface area contributed by atoms with E-state index in [9.17, 15) is 5.11 Å². The molecular formula is C14H19NO2S. The van der Waals surface area contributed by atoms with E-state index in [1.807, 2.05) is 18.2 Å². The minimum absolute atomic E-state index is 0.323. The number of aliphatic hydroxyl groups excluding tert-OH is 1. The molecule has 0 fully saturated rings. The number of aliphatic hydroxyl groups is 1. The van der Waals surface area contributed by atoms with E-state index < -0.39 is 6.10 Å². The van der Waals surface area contributed by atoms with Crippen LogP contribution in [0.15, 0.2) is 18.2 Å². The summed E-state index contributed by atoms with van der Waals surface area (Å²) in [5.74, 6) is 1.42. The molecule has 1 N–H and O–H groups in total. The molecule has 1 unspecified atom stereocenters. The molecule has 1 atom stereocenters. The van der Waals surface area contributed by atoms with Gasteiger partial charge in [0.15, 0.2) is 0 Å². The number of aromatic nitrogens is 1. The van der Waals surface area contributed by atoms with Crippen LogP contribution >= 0.6 is 11.3 Å². The average molecular weight is 265 g/mol. The molecule has 0 spiro atoms. The Balaban J connectivity index is 2.17. The van der Waals surface area contributed by atoms with Crippen LogP contribution in [0.4, 0.5) is 0 Å². The Kier molecular flexibility index (Phi) is 4.19. The van der Waals surface area contributed by atoms with Crippen LogP contribution in [0, 0.1) is 5.92 Å². The zero-order valence-electron chi connectivity index (χ0n) is 11.0. The van der Waals surface area contributed by atoms with Crippen molar-refractivity contribution in [2.24, 2.45) is 5.92 Å². The first-order chi connectivity index (χ1) is 8.54. The standard InChI is InChI=1S/C14H19NO2S/c1-9(2)6-14-15-12-5-4-11(7-13(12)18-14)17-8-10(3)16/h4-5,7,9-10,16H,6,8H2,1-3H3. The van der Waals surface area contributed by atoms with Crippen molar-refractivity contribution in [2.75, 3.05) is 6.61 Å². The summed E-state index contributed by atoms with van der Waals surface area (Å²) in [5, 5.41) is 10.4. The lowest BCUT2D eigenvalue weighted by atomic mass is 10.1. The first-order valence-electron chi connectivity index (χ1n) is 6.25. The minimum atomic E-state index is -0.446. The topological polar surface area (TPSA) is 42.4 Å². The molecule has 2 rings (SSSR count). The third-order valence-electron chi connectivity index (χ3n) is 2.48. The van der Waals surface area contributed by atoms with Crippen LogP contribution in [0.3, 0.4) is 0 Å². The van der Waals surface area contributed by atoms with Crippen LogP contribution in [0.25, 0.3) is 10.2 Å². The highest BCUT2D eigenvalue weighted by Gasteiger charge is 2.07. The maximum atomic E-state index is 9.20. The minimum Gasteiger partial charge on any atom is -0.491 e. The molecule has 0 aliphatic carbocycles. The maximum absolute atomic E-state index is 9.20. The van der Waals surface area contributed by atoms with Gasteiger partial charge in [0.05, 0.1) is 21.3 Å². The lowest BCUT2D eigenvalue weighted by Crippen LogP contribution is -2.12. The monoisotopic (exact) mass is 265 g/mol. The van der Waals surface area contributed by atoms with Gasteiger partial charge in [0, 0.05) is 6.42 Å². The molecule has 18 heavy (non-hydrogen) atoms. The second-order valence-electron chi connectivity index (χ2n) is 5.00. The number of nitrogens with zero attached hydrogens (tertiary/aromatic N) is 1. The van der Waals surface area contributed by atoms with Crippen LogP contribution < -0.4 is 4.74 Å². The highest BCUT2D eigenvalue weighted by molar-refractivity contribution is 7.18. The van der Waals surface area contributed by atoms with E-state index in [0.29, 0.717) is 12.5 Å². The van der Waals surface area contributed by atoms with Gasteiger partial charge in [-0.15, -0.1) is 11.3 Å². The lowest BCUT2D eigenvalue weighted by molar-refractivity contribution is 0.123. The summed E-state index contributed by atoms with van der Waals surface area (Å²) in [7, 11) is 0. The molecule has 1 aromatic carbocycles. The molecule has 0 saturated heterocycles. The Morgan fingerprint density at radius 3 is 2.78 bits per heavy atom. The van der Waals surface area contributed by atoms with E-state index in [1.54, 1.807) is 18.3 Å². The summed E-state index contributed by atoms with van der Waals surface area (Å²) in [6, 6.07) is 5.88. The molecule has 0 bridgehead atoms. The number of rotatable bonds is 5. The summed E-state index contributed by atoms with van der Waals surface area (Å²) in [5.41, 5.74) is 1.03. The van der Waals surface area contributed by atoms with Crippen molar-refractivity contribution in [1.29, 1.82) is 0 Å². The Hall–Kier alpha value is -1.13. The van der Waals surface area contributed by atoms with Crippen molar-refractivity contribution in [3.8, 4) is 5.75 Å². The highest BCUT2D eigenvalue weighted by atomic mass is 32.1. The Morgan fingerprint density at radius 1 is 1.33 bits per heavy atom. The molecule has 1 heterocycles. The quantitative estimate of drug-likeness (QED) is 0.902. The van der Waals surface area contributed by atoms with Crippen molar-refractivity contribution < 1.29 is 9.84 Å². The van der Waals surface area contributed by atoms with E-state index in [0.717, 1.165) is 22.4 Å². The average Bonchev–Trinajstić information content (AvgIpc) is 2.66. The van der Waals surface area contributed by atoms with Crippen molar-refractivity contribution in [1.82, 2.24) is 4.98 Å². The van der Waals surface area contributed by atoms with Gasteiger partial charge in [0.25, 0.3) is 0 Å². The van der Waals surface area contributed by atoms with E-state index in [2.05, 4.69) is 18.8 Å². The van der Waals surface area contributed by atoms with Crippen LogP contribution in [0.1, 0.15) is 25.8 Å². The zero-order chi connectivity index (χ0) is 13.1. The summed E-state index contributed by atoms with van der Waals surface area (Å²) in [6.07, 6.45) is 0.571. The normalized spacial score (nSPS) is 13.2. The number of hydrogen-bond donors (Lipinski definition) is 1. The number of thiazole rings is 1. The smallest absolute Gasteiger partial charge is 0.121 e. The first kappa shape index (κ1) is 13.3. The van der Waals surface area contributed by atoms with Crippen molar-refractivity contribution in [2.45, 2.75) is 33.3 Å². The van der Waals surface area contributed by atoms with Crippen LogP contribution in [0.2, 0.25) is 0 Å². The fourth-order valence-corrected chi connectivity index (χ4v) is 2.90. The fraction of sp³-hybridized carbons (Fsp3) is 0.500. The van der Waals surface area contributed by atoms with Crippen LogP contribution in [-0.2, 0) is 6.42 Å². The maximum Gasteiger partial charge on any atom is 0.121 e. The molecule has 0 radical (unpaired) electrons. The first-order valence-corrected chi connectivity index (χ1v) is 7.06. The molecule has 3 nitrogen and oxygen atoms in total. The summed E-state index contributed by atoms with van der Waals surface area (Å²) in [4.78, 5) is 4.60. The number of ether oxygens (including phenoxy) is 1. The second-order valence-corrected chi connectivity index (χ2v) is 6.11. The van der Waals surface area contributed by atoms with Gasteiger partial charge in [0.1, 0.15) is 12.4 Å². The van der Waals surface area contributed by atoms with Gasteiger partial charge in [-0.2, -0.15) is 0 Å². The summed E-state index contributed by atoms with van der Waals surface area (Å²) >= 11 is 1.72. The molecule has 1 aromatic heterocycles. The van der Waals surface area contributed by atoms with Crippen molar-refractivity contribution >= 4 is 21.6 Å². The molecule has 98 valence electrons. The Morgan fingerprint density at radius 2 is 2.11 bits per heavy atom. The highest BCUT2D eigenvalue weighted by Crippen LogP contribution is 2.27. The van der Waals surface area contributed by atoms with Gasteiger partial charge < -0.3 is 9.84 Å². The molecule has 0 saturated carbocycles. The van der Waals surface area contributed by atoms with E-state index >= 15 is 0 Å². The predicted octanol–water partition coefficient (Wildman–Crippen LogP) is 3.25. The number of hydrogen-bond acceptors (Lipinski definition) is 4. The molecule has 0 aliphatic rings. The van der Waals surface area contributed by atoms with Crippen LogP contribution in [-0.4, -0.2) is 22.8 Å². The van der Waals surface area contributed by atoms with Gasteiger partial charge in [-0.25, -0.2) is 4.98 Å². The fourth-order valence-electron chi connectivity index (χ4n) is 1.70. The van der Waals surface area contributed by atoms with Gasteiger partial charge >= 0.3 is 0 Å². The third kappa shape index (κ3) is 3.43. The lowest BCUT2D eigenvalue weighted by Gasteiger charge is -2.07. The number of fused-ring (bicyclic) bond motifs is 1. The molecule has 2 aromatic rings. The van der Waals surface area contributed by atoms with Crippen molar-refractivity contribution in [3.05, 3.63) is 23.2 Å².